The summed E-state index contributed by atoms with van der Waals surface area (Å²) in [6, 6.07) is 5.06. The van der Waals surface area contributed by atoms with Gasteiger partial charge >= 0.3 is 0 Å². The van der Waals surface area contributed by atoms with Crippen LogP contribution in [0.4, 0.5) is 0 Å². The zero-order valence-corrected chi connectivity index (χ0v) is 12.4. The largest absolute Gasteiger partial charge is 0.309 e. The van der Waals surface area contributed by atoms with Gasteiger partial charge in [0.05, 0.1) is 3.79 Å². The van der Waals surface area contributed by atoms with Gasteiger partial charge in [-0.25, -0.2) is 0 Å². The Bertz CT molecular complexity index is 326. The SMILES string of the molecule is CC1CC(C)CC(NCc2ccc(Br)s2)C1. The third-order valence-corrected chi connectivity index (χ3v) is 5.00. The molecule has 1 aromatic heterocycles. The van der Waals surface area contributed by atoms with Crippen molar-refractivity contribution in [2.75, 3.05) is 0 Å². The van der Waals surface area contributed by atoms with E-state index in [-0.39, 0.29) is 0 Å². The summed E-state index contributed by atoms with van der Waals surface area (Å²) in [4.78, 5) is 1.43. The van der Waals surface area contributed by atoms with Gasteiger partial charge in [0.1, 0.15) is 0 Å². The smallest absolute Gasteiger partial charge is 0.0701 e. The van der Waals surface area contributed by atoms with E-state index < -0.39 is 0 Å². The van der Waals surface area contributed by atoms with Crippen molar-refractivity contribution in [3.63, 3.8) is 0 Å². The second-order valence-corrected chi connectivity index (χ2v) is 7.75. The van der Waals surface area contributed by atoms with Gasteiger partial charge in [-0.3, -0.25) is 0 Å². The molecule has 0 bridgehead atoms. The number of thiophene rings is 1. The summed E-state index contributed by atoms with van der Waals surface area (Å²) in [5.74, 6) is 1.77. The highest BCUT2D eigenvalue weighted by molar-refractivity contribution is 9.11. The van der Waals surface area contributed by atoms with Gasteiger partial charge in [-0.1, -0.05) is 13.8 Å². The Hall–Kier alpha value is 0.140. The van der Waals surface area contributed by atoms with Gasteiger partial charge in [-0.2, -0.15) is 0 Å². The van der Waals surface area contributed by atoms with Crippen LogP contribution < -0.4 is 5.32 Å². The predicted octanol–water partition coefficient (Wildman–Crippen LogP) is 4.42. The van der Waals surface area contributed by atoms with E-state index in [1.165, 1.54) is 27.9 Å². The second-order valence-electron chi connectivity index (χ2n) is 5.20. The molecule has 1 N–H and O–H groups in total. The lowest BCUT2D eigenvalue weighted by atomic mass is 9.80. The lowest BCUT2D eigenvalue weighted by Crippen LogP contribution is -2.35. The van der Waals surface area contributed by atoms with Crippen LogP contribution in [0.15, 0.2) is 15.9 Å². The summed E-state index contributed by atoms with van der Waals surface area (Å²) in [5, 5.41) is 3.70. The molecule has 1 heterocycles. The second kappa shape index (κ2) is 5.65. The minimum atomic E-state index is 0.722. The predicted molar refractivity (Wildman–Crippen MR) is 74.8 cm³/mol. The van der Waals surface area contributed by atoms with Crippen LogP contribution in [0.3, 0.4) is 0 Å². The third kappa shape index (κ3) is 3.57. The first-order chi connectivity index (χ1) is 7.63. The molecule has 2 atom stereocenters. The summed E-state index contributed by atoms with van der Waals surface area (Å²) in [7, 11) is 0. The maximum Gasteiger partial charge on any atom is 0.0701 e. The molecule has 0 aliphatic heterocycles. The lowest BCUT2D eigenvalue weighted by molar-refractivity contribution is 0.238. The Morgan fingerprint density at radius 3 is 2.50 bits per heavy atom. The Morgan fingerprint density at radius 2 is 1.94 bits per heavy atom. The van der Waals surface area contributed by atoms with Gasteiger partial charge in [0.25, 0.3) is 0 Å². The van der Waals surface area contributed by atoms with Crippen LogP contribution in [-0.2, 0) is 6.54 Å². The van der Waals surface area contributed by atoms with Crippen molar-refractivity contribution in [3.8, 4) is 0 Å². The summed E-state index contributed by atoms with van der Waals surface area (Å²) < 4.78 is 1.23. The summed E-state index contributed by atoms with van der Waals surface area (Å²) >= 11 is 5.34. The van der Waals surface area contributed by atoms with Crippen molar-refractivity contribution in [3.05, 3.63) is 20.8 Å². The highest BCUT2D eigenvalue weighted by Crippen LogP contribution is 2.29. The molecule has 16 heavy (non-hydrogen) atoms. The van der Waals surface area contributed by atoms with Gasteiger partial charge in [0, 0.05) is 17.5 Å². The van der Waals surface area contributed by atoms with Gasteiger partial charge in [-0.15, -0.1) is 11.3 Å². The zero-order chi connectivity index (χ0) is 11.5. The molecule has 0 amide bonds. The normalized spacial score (nSPS) is 30.6. The van der Waals surface area contributed by atoms with Crippen LogP contribution in [0.5, 0.6) is 0 Å². The fourth-order valence-corrected chi connectivity index (χ4v) is 4.24. The first kappa shape index (κ1) is 12.6. The van der Waals surface area contributed by atoms with E-state index in [1.807, 2.05) is 11.3 Å². The maximum atomic E-state index is 3.70. The summed E-state index contributed by atoms with van der Waals surface area (Å²) in [6.07, 6.45) is 4.09. The van der Waals surface area contributed by atoms with E-state index in [1.54, 1.807) is 0 Å². The van der Waals surface area contributed by atoms with Crippen molar-refractivity contribution in [1.29, 1.82) is 0 Å². The third-order valence-electron chi connectivity index (χ3n) is 3.37. The fraction of sp³-hybridized carbons (Fsp3) is 0.692. The molecular formula is C13H20BrNS. The van der Waals surface area contributed by atoms with Crippen LogP contribution in [0.25, 0.3) is 0 Å². The lowest BCUT2D eigenvalue weighted by Gasteiger charge is -2.32. The van der Waals surface area contributed by atoms with Crippen LogP contribution in [-0.4, -0.2) is 6.04 Å². The number of rotatable bonds is 3. The Morgan fingerprint density at radius 1 is 1.25 bits per heavy atom. The molecular weight excluding hydrogens is 282 g/mol. The number of hydrogen-bond acceptors (Lipinski definition) is 2. The van der Waals surface area contributed by atoms with Crippen molar-refractivity contribution < 1.29 is 0 Å². The number of nitrogens with one attached hydrogen (secondary N) is 1. The Balaban J connectivity index is 1.81. The van der Waals surface area contributed by atoms with Gasteiger partial charge in [-0.05, 0) is 59.2 Å². The van der Waals surface area contributed by atoms with Crippen molar-refractivity contribution in [2.24, 2.45) is 11.8 Å². The minimum absolute atomic E-state index is 0.722. The maximum absolute atomic E-state index is 3.70. The molecule has 90 valence electrons. The molecule has 1 aliphatic carbocycles. The zero-order valence-electron chi connectivity index (χ0n) is 10.0. The Kier molecular flexibility index (Phi) is 4.45. The van der Waals surface area contributed by atoms with Crippen LogP contribution in [0.2, 0.25) is 0 Å². The quantitative estimate of drug-likeness (QED) is 0.871. The average Bonchev–Trinajstić information content (AvgIpc) is 2.60. The van der Waals surface area contributed by atoms with Crippen LogP contribution in [0, 0.1) is 11.8 Å². The molecule has 1 saturated carbocycles. The van der Waals surface area contributed by atoms with Crippen LogP contribution >= 0.6 is 27.3 Å². The first-order valence-electron chi connectivity index (χ1n) is 6.11. The molecule has 1 aliphatic rings. The van der Waals surface area contributed by atoms with Crippen molar-refractivity contribution in [2.45, 2.75) is 45.7 Å². The minimum Gasteiger partial charge on any atom is -0.309 e. The molecule has 2 rings (SSSR count). The van der Waals surface area contributed by atoms with Crippen molar-refractivity contribution in [1.82, 2.24) is 5.32 Å². The fourth-order valence-electron chi connectivity index (χ4n) is 2.81. The van der Waals surface area contributed by atoms with Gasteiger partial charge in [0.2, 0.25) is 0 Å². The summed E-state index contributed by atoms with van der Waals surface area (Å²) in [6.45, 7) is 5.79. The molecule has 3 heteroatoms. The van der Waals surface area contributed by atoms with E-state index in [4.69, 9.17) is 0 Å². The van der Waals surface area contributed by atoms with E-state index in [9.17, 15) is 0 Å². The van der Waals surface area contributed by atoms with Crippen LogP contribution in [0.1, 0.15) is 38.0 Å². The Labute approximate surface area is 111 Å². The monoisotopic (exact) mass is 301 g/mol. The molecule has 0 saturated heterocycles. The van der Waals surface area contributed by atoms with Crippen molar-refractivity contribution >= 4 is 27.3 Å². The molecule has 0 radical (unpaired) electrons. The van der Waals surface area contributed by atoms with E-state index in [0.717, 1.165) is 24.4 Å². The van der Waals surface area contributed by atoms with E-state index in [0.29, 0.717) is 0 Å². The van der Waals surface area contributed by atoms with Gasteiger partial charge < -0.3 is 5.32 Å². The summed E-state index contributed by atoms with van der Waals surface area (Å²) in [5.41, 5.74) is 0. The number of halogens is 1. The van der Waals surface area contributed by atoms with Gasteiger partial charge in [0.15, 0.2) is 0 Å². The molecule has 1 nitrogen and oxygen atoms in total. The average molecular weight is 302 g/mol. The highest BCUT2D eigenvalue weighted by atomic mass is 79.9. The first-order valence-corrected chi connectivity index (χ1v) is 7.72. The van der Waals surface area contributed by atoms with E-state index >= 15 is 0 Å². The molecule has 1 fully saturated rings. The standard InChI is InChI=1S/C13H20BrNS/c1-9-5-10(2)7-11(6-9)15-8-12-3-4-13(14)16-12/h3-4,9-11,15H,5-8H2,1-2H3. The molecule has 2 unspecified atom stereocenters. The molecule has 0 aromatic carbocycles. The molecule has 1 aromatic rings. The topological polar surface area (TPSA) is 12.0 Å². The highest BCUT2D eigenvalue weighted by Gasteiger charge is 2.23. The van der Waals surface area contributed by atoms with E-state index in [2.05, 4.69) is 47.2 Å². The molecule has 0 spiro atoms. The number of hydrogen-bond donors (Lipinski definition) is 1.